The first-order chi connectivity index (χ1) is 24.9. The van der Waals surface area contributed by atoms with Gasteiger partial charge in [0.05, 0.1) is 12.5 Å². The third-order valence-electron chi connectivity index (χ3n) is 9.83. The monoisotopic (exact) mass is 704 g/mol. The number of hydrogen-bond acceptors (Lipinski definition) is 6. The minimum absolute atomic E-state index is 0.0615. The van der Waals surface area contributed by atoms with Gasteiger partial charge in [0.15, 0.2) is 5.82 Å². The number of nitrogens with zero attached hydrogens (tertiary/aromatic N) is 3. The number of unbranched alkanes of at least 4 members (excludes halogenated alkanes) is 4. The smallest absolute Gasteiger partial charge is 0.308 e. The standard InChI is InChI=1S/C43H52N4O5/c1-6-7-8-9-10-23-52-37-21-17-31(18-22-37)35-26-44-39(45-27-35)32-13-11-30(12-14-32)25-38(41(49)47-28-34(42(50)51)24-29(47)2)46-40(48)33-15-19-36(20-16-33)43(3,4)5/h11-22,26-27,29,34,38H,6-10,23-25,28H2,1-5H3,(H,46,48)(H,50,51)/t29?,34?,38-/m0/s1. The normalized spacial score (nSPS) is 16.4. The van der Waals surface area contributed by atoms with Crippen LogP contribution in [0.2, 0.25) is 0 Å². The van der Waals surface area contributed by atoms with Crippen LogP contribution in [0.15, 0.2) is 85.2 Å². The van der Waals surface area contributed by atoms with E-state index in [1.807, 2.05) is 67.6 Å². The van der Waals surface area contributed by atoms with Crippen molar-refractivity contribution in [2.45, 2.75) is 97.1 Å². The maximum Gasteiger partial charge on any atom is 0.308 e. The molecule has 4 aromatic rings. The van der Waals surface area contributed by atoms with Gasteiger partial charge >= 0.3 is 5.97 Å². The van der Waals surface area contributed by atoms with Crippen LogP contribution in [0.5, 0.6) is 5.75 Å². The first-order valence-corrected chi connectivity index (χ1v) is 18.5. The highest BCUT2D eigenvalue weighted by Crippen LogP contribution is 2.27. The van der Waals surface area contributed by atoms with Gasteiger partial charge in [-0.05, 0) is 66.1 Å². The van der Waals surface area contributed by atoms with Crippen molar-refractivity contribution in [3.63, 3.8) is 0 Å². The molecule has 2 N–H and O–H groups in total. The number of hydrogen-bond donors (Lipinski definition) is 2. The first kappa shape index (κ1) is 38.2. The molecule has 1 aliphatic rings. The van der Waals surface area contributed by atoms with Crippen molar-refractivity contribution in [3.05, 3.63) is 102 Å². The van der Waals surface area contributed by atoms with Crippen LogP contribution in [0.4, 0.5) is 0 Å². The van der Waals surface area contributed by atoms with E-state index < -0.39 is 17.9 Å². The van der Waals surface area contributed by atoms with Crippen LogP contribution in [-0.4, -0.2) is 63.0 Å². The van der Waals surface area contributed by atoms with Crippen molar-refractivity contribution in [2.24, 2.45) is 5.92 Å². The van der Waals surface area contributed by atoms with E-state index in [9.17, 15) is 19.5 Å². The summed E-state index contributed by atoms with van der Waals surface area (Å²) >= 11 is 0. The zero-order valence-corrected chi connectivity index (χ0v) is 31.1. The molecule has 3 aromatic carbocycles. The summed E-state index contributed by atoms with van der Waals surface area (Å²) in [5.41, 5.74) is 5.06. The third-order valence-corrected chi connectivity index (χ3v) is 9.83. The zero-order valence-electron chi connectivity index (χ0n) is 31.1. The topological polar surface area (TPSA) is 122 Å². The van der Waals surface area contributed by atoms with E-state index >= 15 is 0 Å². The fourth-order valence-electron chi connectivity index (χ4n) is 6.57. The highest BCUT2D eigenvalue weighted by molar-refractivity contribution is 5.98. The maximum absolute atomic E-state index is 13.9. The molecule has 0 aliphatic carbocycles. The minimum atomic E-state index is -0.918. The van der Waals surface area contributed by atoms with Crippen molar-refractivity contribution in [2.75, 3.05) is 13.2 Å². The van der Waals surface area contributed by atoms with Crippen LogP contribution in [0.25, 0.3) is 22.5 Å². The molecule has 2 unspecified atom stereocenters. The fourth-order valence-corrected chi connectivity index (χ4v) is 6.57. The van der Waals surface area contributed by atoms with Gasteiger partial charge in [0.2, 0.25) is 5.91 Å². The Hall–Kier alpha value is -5.05. The number of carboxylic acid groups (broad SMARTS) is 1. The van der Waals surface area contributed by atoms with Crippen molar-refractivity contribution in [3.8, 4) is 28.3 Å². The third kappa shape index (κ3) is 10.0. The lowest BCUT2D eigenvalue weighted by molar-refractivity contribution is -0.141. The van der Waals surface area contributed by atoms with Crippen LogP contribution in [0.1, 0.15) is 94.6 Å². The van der Waals surface area contributed by atoms with Gasteiger partial charge in [-0.15, -0.1) is 0 Å². The summed E-state index contributed by atoms with van der Waals surface area (Å²) in [5, 5.41) is 12.6. The fraction of sp³-hybridized carbons (Fsp3) is 0.419. The number of aromatic nitrogens is 2. The minimum Gasteiger partial charge on any atom is -0.494 e. The second kappa shape index (κ2) is 17.4. The Bertz CT molecular complexity index is 1780. The number of nitrogens with one attached hydrogen (secondary N) is 1. The molecule has 2 heterocycles. The Morgan fingerprint density at radius 2 is 1.50 bits per heavy atom. The number of rotatable bonds is 15. The molecule has 9 nitrogen and oxygen atoms in total. The lowest BCUT2D eigenvalue weighted by atomic mass is 9.86. The van der Waals surface area contributed by atoms with Gasteiger partial charge in [0.1, 0.15) is 11.8 Å². The van der Waals surface area contributed by atoms with Crippen molar-refractivity contribution < 1.29 is 24.2 Å². The highest BCUT2D eigenvalue weighted by atomic mass is 16.5. The van der Waals surface area contributed by atoms with E-state index in [0.29, 0.717) is 17.8 Å². The zero-order chi connectivity index (χ0) is 37.3. The molecular weight excluding hydrogens is 652 g/mol. The van der Waals surface area contributed by atoms with E-state index in [4.69, 9.17) is 4.74 Å². The van der Waals surface area contributed by atoms with Gasteiger partial charge in [-0.3, -0.25) is 14.4 Å². The molecule has 1 fully saturated rings. The summed E-state index contributed by atoms with van der Waals surface area (Å²) in [6.45, 7) is 11.2. The Morgan fingerprint density at radius 1 is 0.865 bits per heavy atom. The molecule has 0 radical (unpaired) electrons. The number of likely N-dealkylation sites (tertiary alicyclic amines) is 1. The van der Waals surface area contributed by atoms with Gasteiger partial charge < -0.3 is 20.1 Å². The summed E-state index contributed by atoms with van der Waals surface area (Å²) in [4.78, 5) is 49.9. The van der Waals surface area contributed by atoms with Gasteiger partial charge in [-0.25, -0.2) is 9.97 Å². The van der Waals surface area contributed by atoms with E-state index in [-0.39, 0.29) is 36.2 Å². The number of amides is 2. The van der Waals surface area contributed by atoms with Crippen LogP contribution >= 0.6 is 0 Å². The highest BCUT2D eigenvalue weighted by Gasteiger charge is 2.39. The van der Waals surface area contributed by atoms with Crippen LogP contribution in [0.3, 0.4) is 0 Å². The molecule has 274 valence electrons. The molecule has 5 rings (SSSR count). The second-order valence-electron chi connectivity index (χ2n) is 14.9. The number of aliphatic carboxylic acids is 1. The molecule has 2 amide bonds. The van der Waals surface area contributed by atoms with E-state index in [1.165, 1.54) is 25.7 Å². The molecule has 9 heteroatoms. The molecule has 0 saturated carbocycles. The quantitative estimate of drug-likeness (QED) is 0.120. The van der Waals surface area contributed by atoms with E-state index in [1.54, 1.807) is 29.4 Å². The van der Waals surface area contributed by atoms with Gasteiger partial charge in [0, 0.05) is 48.1 Å². The summed E-state index contributed by atoms with van der Waals surface area (Å²) in [6, 6.07) is 21.9. The lowest BCUT2D eigenvalue weighted by Gasteiger charge is -2.28. The Labute approximate surface area is 307 Å². The predicted octanol–water partition coefficient (Wildman–Crippen LogP) is 8.12. The van der Waals surface area contributed by atoms with Gasteiger partial charge in [-0.1, -0.05) is 102 Å². The summed E-state index contributed by atoms with van der Waals surface area (Å²) < 4.78 is 5.90. The number of carbonyl (C=O) groups excluding carboxylic acids is 2. The SMILES string of the molecule is CCCCCCCOc1ccc(-c2cnc(-c3ccc(C[C@H](NC(=O)c4ccc(C(C)(C)C)cc4)C(=O)N4CC(C(=O)O)CC4C)cc3)nc2)cc1. The van der Waals surface area contributed by atoms with Crippen LogP contribution in [0, 0.1) is 5.92 Å². The first-order valence-electron chi connectivity index (χ1n) is 18.5. The molecule has 0 bridgehead atoms. The summed E-state index contributed by atoms with van der Waals surface area (Å²) in [6.07, 6.45) is 10.2. The number of carboxylic acids is 1. The van der Waals surface area contributed by atoms with Crippen LogP contribution in [-0.2, 0) is 21.4 Å². The van der Waals surface area contributed by atoms with Gasteiger partial charge in [0.25, 0.3) is 5.91 Å². The lowest BCUT2D eigenvalue weighted by Crippen LogP contribution is -2.50. The molecule has 0 spiro atoms. The van der Waals surface area contributed by atoms with Crippen molar-refractivity contribution in [1.82, 2.24) is 20.2 Å². The number of ether oxygens (including phenoxy) is 1. The van der Waals surface area contributed by atoms with E-state index in [2.05, 4.69) is 43.0 Å². The molecule has 1 aliphatic heterocycles. The largest absolute Gasteiger partial charge is 0.494 e. The van der Waals surface area contributed by atoms with Crippen molar-refractivity contribution >= 4 is 17.8 Å². The van der Waals surface area contributed by atoms with E-state index in [0.717, 1.165) is 46.6 Å². The molecule has 3 atom stereocenters. The molecular formula is C43H52N4O5. The molecule has 1 aromatic heterocycles. The average Bonchev–Trinajstić information content (AvgIpc) is 3.54. The Morgan fingerprint density at radius 3 is 2.10 bits per heavy atom. The van der Waals surface area contributed by atoms with Crippen molar-refractivity contribution in [1.29, 1.82) is 0 Å². The number of carbonyl (C=O) groups is 3. The number of benzene rings is 3. The van der Waals surface area contributed by atoms with Gasteiger partial charge in [-0.2, -0.15) is 0 Å². The average molecular weight is 705 g/mol. The van der Waals surface area contributed by atoms with Crippen LogP contribution < -0.4 is 10.1 Å². The molecule has 52 heavy (non-hydrogen) atoms. The summed E-state index contributed by atoms with van der Waals surface area (Å²) in [5.74, 6) is -0.766. The Kier molecular flexibility index (Phi) is 12.8. The molecule has 1 saturated heterocycles. The predicted molar refractivity (Wildman–Crippen MR) is 204 cm³/mol. The summed E-state index contributed by atoms with van der Waals surface area (Å²) in [7, 11) is 0. The second-order valence-corrected chi connectivity index (χ2v) is 14.9. The Balaban J connectivity index is 1.25. The maximum atomic E-state index is 13.9.